The molecule has 6 nitrogen and oxygen atoms in total. The smallest absolute Gasteiger partial charge is 0.257 e. The molecule has 1 aromatic carbocycles. The van der Waals surface area contributed by atoms with E-state index in [4.69, 9.17) is 27.9 Å². The summed E-state index contributed by atoms with van der Waals surface area (Å²) in [5.41, 5.74) is 0.632. The van der Waals surface area contributed by atoms with Crippen LogP contribution in [-0.4, -0.2) is 29.9 Å². The first kappa shape index (κ1) is 18.0. The van der Waals surface area contributed by atoms with Crippen LogP contribution in [0.3, 0.4) is 0 Å². The average molecular weight is 368 g/mol. The van der Waals surface area contributed by atoms with E-state index in [1.165, 1.54) is 12.3 Å². The highest BCUT2D eigenvalue weighted by atomic mass is 35.5. The summed E-state index contributed by atoms with van der Waals surface area (Å²) in [6.07, 6.45) is 1.52. The maximum Gasteiger partial charge on any atom is 0.257 e. The predicted octanol–water partition coefficient (Wildman–Crippen LogP) is 3.16. The highest BCUT2D eigenvalue weighted by Crippen LogP contribution is 2.25. The van der Waals surface area contributed by atoms with Crippen molar-refractivity contribution in [2.24, 2.45) is 0 Å². The molecule has 2 rings (SSSR count). The Balaban J connectivity index is 1.96. The topological polar surface area (TPSA) is 80.3 Å². The zero-order chi connectivity index (χ0) is 17.5. The molecule has 8 heteroatoms. The summed E-state index contributed by atoms with van der Waals surface area (Å²) in [6.45, 7) is 1.94. The average Bonchev–Trinajstić information content (AvgIpc) is 2.57. The summed E-state index contributed by atoms with van der Waals surface area (Å²) < 4.78 is 5.28. The summed E-state index contributed by atoms with van der Waals surface area (Å²) in [5, 5.41) is 5.88. The zero-order valence-corrected chi connectivity index (χ0v) is 14.3. The Labute approximate surface area is 149 Å². The third-order valence-corrected chi connectivity index (χ3v) is 3.47. The second-order valence-electron chi connectivity index (χ2n) is 4.64. The Morgan fingerprint density at radius 1 is 1.25 bits per heavy atom. The normalized spacial score (nSPS) is 10.1. The number of halogens is 2. The van der Waals surface area contributed by atoms with Crippen molar-refractivity contribution in [2.75, 3.05) is 18.5 Å². The van der Waals surface area contributed by atoms with Gasteiger partial charge in [-0.15, -0.1) is 0 Å². The molecule has 0 atom stereocenters. The number of ether oxygens (including phenoxy) is 1. The monoisotopic (exact) mass is 367 g/mol. The van der Waals surface area contributed by atoms with E-state index in [1.807, 2.05) is 0 Å². The van der Waals surface area contributed by atoms with E-state index in [1.54, 1.807) is 31.2 Å². The third kappa shape index (κ3) is 4.84. The minimum absolute atomic E-state index is 0.218. The maximum atomic E-state index is 12.2. The molecule has 0 unspecified atom stereocenters. The minimum atomic E-state index is -0.459. The van der Waals surface area contributed by atoms with Gasteiger partial charge in [0.2, 0.25) is 11.8 Å². The van der Waals surface area contributed by atoms with Gasteiger partial charge in [0, 0.05) is 11.2 Å². The second-order valence-corrected chi connectivity index (χ2v) is 5.49. The van der Waals surface area contributed by atoms with Crippen molar-refractivity contribution in [3.63, 3.8) is 0 Å². The van der Waals surface area contributed by atoms with Crippen LogP contribution in [0.1, 0.15) is 17.3 Å². The molecule has 0 radical (unpaired) electrons. The molecule has 2 amide bonds. The van der Waals surface area contributed by atoms with Crippen molar-refractivity contribution in [2.45, 2.75) is 6.92 Å². The van der Waals surface area contributed by atoms with Gasteiger partial charge in [-0.25, -0.2) is 4.98 Å². The Bertz CT molecular complexity index is 753. The van der Waals surface area contributed by atoms with Crippen LogP contribution in [0.25, 0.3) is 0 Å². The summed E-state index contributed by atoms with van der Waals surface area (Å²) in [6, 6.07) is 7.89. The van der Waals surface area contributed by atoms with Gasteiger partial charge in [0.1, 0.15) is 5.56 Å². The van der Waals surface area contributed by atoms with E-state index in [-0.39, 0.29) is 18.0 Å². The van der Waals surface area contributed by atoms with E-state index in [0.29, 0.717) is 22.3 Å². The van der Waals surface area contributed by atoms with E-state index in [2.05, 4.69) is 15.6 Å². The maximum absolute atomic E-state index is 12.2. The van der Waals surface area contributed by atoms with Crippen LogP contribution in [0.4, 0.5) is 5.69 Å². The van der Waals surface area contributed by atoms with E-state index >= 15 is 0 Å². The lowest BCUT2D eigenvalue weighted by atomic mass is 10.2. The lowest BCUT2D eigenvalue weighted by Crippen LogP contribution is -2.33. The van der Waals surface area contributed by atoms with Gasteiger partial charge in [-0.2, -0.15) is 0 Å². The molecule has 0 spiro atoms. The first-order chi connectivity index (χ1) is 11.5. The van der Waals surface area contributed by atoms with Crippen LogP contribution in [0.5, 0.6) is 5.88 Å². The van der Waals surface area contributed by atoms with Gasteiger partial charge in [0.25, 0.3) is 5.91 Å². The van der Waals surface area contributed by atoms with Gasteiger partial charge in [0.05, 0.1) is 23.9 Å². The molecule has 126 valence electrons. The van der Waals surface area contributed by atoms with Gasteiger partial charge in [-0.1, -0.05) is 23.2 Å². The van der Waals surface area contributed by atoms with Gasteiger partial charge in [-0.3, -0.25) is 9.59 Å². The van der Waals surface area contributed by atoms with Crippen molar-refractivity contribution in [3.8, 4) is 5.88 Å². The van der Waals surface area contributed by atoms with E-state index in [9.17, 15) is 9.59 Å². The van der Waals surface area contributed by atoms with Crippen LogP contribution >= 0.6 is 23.2 Å². The molecule has 1 aromatic heterocycles. The Hall–Kier alpha value is -2.31. The molecule has 0 aliphatic rings. The number of nitrogens with one attached hydrogen (secondary N) is 2. The second kappa shape index (κ2) is 8.52. The standard InChI is InChI=1S/C16H15Cl2N3O3/c1-2-24-16-11(4-3-7-19-16)15(23)20-9-14(22)21-13-8-10(17)5-6-12(13)18/h3-8H,2,9H2,1H3,(H,20,23)(H,21,22). The summed E-state index contributed by atoms with van der Waals surface area (Å²) >= 11 is 11.8. The fourth-order valence-electron chi connectivity index (χ4n) is 1.86. The van der Waals surface area contributed by atoms with Crippen molar-refractivity contribution >= 4 is 40.7 Å². The Kier molecular flexibility index (Phi) is 6.40. The molecule has 24 heavy (non-hydrogen) atoms. The van der Waals surface area contributed by atoms with Crippen LogP contribution < -0.4 is 15.4 Å². The molecule has 2 N–H and O–H groups in total. The quantitative estimate of drug-likeness (QED) is 0.821. The van der Waals surface area contributed by atoms with Gasteiger partial charge in [0.15, 0.2) is 0 Å². The number of pyridine rings is 1. The van der Waals surface area contributed by atoms with E-state index in [0.717, 1.165) is 0 Å². The Morgan fingerprint density at radius 2 is 2.04 bits per heavy atom. The highest BCUT2D eigenvalue weighted by molar-refractivity contribution is 6.35. The summed E-state index contributed by atoms with van der Waals surface area (Å²) in [5.74, 6) is -0.677. The molecule has 0 aliphatic carbocycles. The molecule has 2 aromatic rings. The van der Waals surface area contributed by atoms with Crippen LogP contribution in [0.2, 0.25) is 10.0 Å². The molecular weight excluding hydrogens is 353 g/mol. The summed E-state index contributed by atoms with van der Waals surface area (Å²) in [7, 11) is 0. The molecule has 0 aliphatic heterocycles. The summed E-state index contributed by atoms with van der Waals surface area (Å²) in [4.78, 5) is 28.1. The largest absolute Gasteiger partial charge is 0.477 e. The number of amides is 2. The van der Waals surface area contributed by atoms with Crippen molar-refractivity contribution in [1.82, 2.24) is 10.3 Å². The predicted molar refractivity (Wildman–Crippen MR) is 92.8 cm³/mol. The molecule has 0 saturated heterocycles. The number of hydrogen-bond donors (Lipinski definition) is 2. The Morgan fingerprint density at radius 3 is 2.79 bits per heavy atom. The van der Waals surface area contributed by atoms with Crippen molar-refractivity contribution in [1.29, 1.82) is 0 Å². The number of nitrogens with zero attached hydrogens (tertiary/aromatic N) is 1. The fourth-order valence-corrected chi connectivity index (χ4v) is 2.20. The number of hydrogen-bond acceptors (Lipinski definition) is 4. The first-order valence-electron chi connectivity index (χ1n) is 7.12. The lowest BCUT2D eigenvalue weighted by Gasteiger charge is -2.10. The third-order valence-electron chi connectivity index (χ3n) is 2.91. The zero-order valence-electron chi connectivity index (χ0n) is 12.8. The van der Waals surface area contributed by atoms with Crippen LogP contribution in [0.15, 0.2) is 36.5 Å². The van der Waals surface area contributed by atoms with Gasteiger partial charge in [-0.05, 0) is 37.3 Å². The number of aromatic nitrogens is 1. The highest BCUT2D eigenvalue weighted by Gasteiger charge is 2.14. The van der Waals surface area contributed by atoms with Crippen LogP contribution in [0, 0.1) is 0 Å². The molecular formula is C16H15Cl2N3O3. The molecule has 1 heterocycles. The fraction of sp³-hybridized carbons (Fsp3) is 0.188. The number of benzene rings is 1. The van der Waals surface area contributed by atoms with Gasteiger partial charge >= 0.3 is 0 Å². The van der Waals surface area contributed by atoms with E-state index < -0.39 is 11.8 Å². The molecule has 0 saturated carbocycles. The number of anilines is 1. The van der Waals surface area contributed by atoms with Crippen LogP contribution in [-0.2, 0) is 4.79 Å². The molecule has 0 bridgehead atoms. The van der Waals surface area contributed by atoms with Crippen molar-refractivity contribution in [3.05, 3.63) is 52.1 Å². The minimum Gasteiger partial charge on any atom is -0.477 e. The van der Waals surface area contributed by atoms with Gasteiger partial charge < -0.3 is 15.4 Å². The molecule has 0 fully saturated rings. The number of carbonyl (C=O) groups excluding carboxylic acids is 2. The number of carbonyl (C=O) groups is 2. The SMILES string of the molecule is CCOc1ncccc1C(=O)NCC(=O)Nc1cc(Cl)ccc1Cl. The lowest BCUT2D eigenvalue weighted by molar-refractivity contribution is -0.115. The van der Waals surface area contributed by atoms with Crippen molar-refractivity contribution < 1.29 is 14.3 Å². The number of rotatable bonds is 6. The first-order valence-corrected chi connectivity index (χ1v) is 7.87.